The number of anilines is 1. The number of sulfonamides is 1. The van der Waals surface area contributed by atoms with Gasteiger partial charge in [0, 0.05) is 7.05 Å². The minimum atomic E-state index is -3.82. The molecule has 0 aliphatic heterocycles. The Balaban J connectivity index is 1.92. The number of rotatable bonds is 8. The first-order chi connectivity index (χ1) is 16.1. The maximum atomic E-state index is 13.3. The summed E-state index contributed by atoms with van der Waals surface area (Å²) >= 11 is 0. The highest BCUT2D eigenvalue weighted by atomic mass is 32.2. The zero-order valence-electron chi connectivity index (χ0n) is 20.5. The lowest BCUT2D eigenvalue weighted by Gasteiger charge is -2.24. The van der Waals surface area contributed by atoms with Gasteiger partial charge in [-0.1, -0.05) is 44.2 Å². The normalized spacial score (nSPS) is 12.3. The van der Waals surface area contributed by atoms with E-state index in [1.54, 1.807) is 49.6 Å². The van der Waals surface area contributed by atoms with Gasteiger partial charge in [-0.3, -0.25) is 9.10 Å². The minimum absolute atomic E-state index is 0.163. The van der Waals surface area contributed by atoms with Gasteiger partial charge in [0.25, 0.3) is 15.9 Å². The van der Waals surface area contributed by atoms with Gasteiger partial charge in [0.15, 0.2) is 0 Å². The van der Waals surface area contributed by atoms with Crippen LogP contribution in [0.4, 0.5) is 5.69 Å². The summed E-state index contributed by atoms with van der Waals surface area (Å²) < 4.78 is 33.0. The van der Waals surface area contributed by atoms with E-state index in [1.165, 1.54) is 19.2 Å². The van der Waals surface area contributed by atoms with Crippen molar-refractivity contribution >= 4 is 21.6 Å². The third kappa shape index (κ3) is 5.09. The maximum absolute atomic E-state index is 13.3. The summed E-state index contributed by atoms with van der Waals surface area (Å²) in [5.41, 5.74) is 3.65. The molecule has 34 heavy (non-hydrogen) atoms. The molecule has 180 valence electrons. The summed E-state index contributed by atoms with van der Waals surface area (Å²) in [7, 11) is -0.705. The van der Waals surface area contributed by atoms with E-state index in [0.717, 1.165) is 26.7 Å². The molecule has 0 saturated heterocycles. The minimum Gasteiger partial charge on any atom is -0.496 e. The van der Waals surface area contributed by atoms with Gasteiger partial charge in [0.05, 0.1) is 29.3 Å². The molecular weight excluding hydrogens is 448 g/mol. The van der Waals surface area contributed by atoms with E-state index in [1.807, 2.05) is 19.9 Å². The highest BCUT2D eigenvalue weighted by molar-refractivity contribution is 7.92. The van der Waals surface area contributed by atoms with E-state index in [0.29, 0.717) is 5.69 Å². The summed E-state index contributed by atoms with van der Waals surface area (Å²) in [4.78, 5) is 13.5. The van der Waals surface area contributed by atoms with Crippen molar-refractivity contribution in [3.05, 3.63) is 89.0 Å². The van der Waals surface area contributed by atoms with E-state index < -0.39 is 10.0 Å². The summed E-state index contributed by atoms with van der Waals surface area (Å²) in [6, 6.07) is 18.6. The monoisotopic (exact) mass is 480 g/mol. The molecule has 0 spiro atoms. The smallest absolute Gasteiger partial charge is 0.264 e. The van der Waals surface area contributed by atoms with E-state index in [2.05, 4.69) is 25.2 Å². The Morgan fingerprint density at radius 1 is 0.941 bits per heavy atom. The lowest BCUT2D eigenvalue weighted by Crippen LogP contribution is -2.32. The van der Waals surface area contributed by atoms with Crippen LogP contribution in [0.3, 0.4) is 0 Å². The fraction of sp³-hybridized carbons (Fsp3) is 0.296. The molecule has 1 N–H and O–H groups in total. The number of carbonyl (C=O) groups excluding carboxylic acids is 1. The molecule has 0 heterocycles. The zero-order valence-corrected chi connectivity index (χ0v) is 21.3. The van der Waals surface area contributed by atoms with Gasteiger partial charge in [0.1, 0.15) is 5.75 Å². The van der Waals surface area contributed by atoms with Crippen molar-refractivity contribution in [3.8, 4) is 5.75 Å². The fourth-order valence-electron chi connectivity index (χ4n) is 3.98. The van der Waals surface area contributed by atoms with Crippen LogP contribution in [0.1, 0.15) is 59.8 Å². The van der Waals surface area contributed by atoms with Crippen molar-refractivity contribution in [1.82, 2.24) is 5.32 Å². The van der Waals surface area contributed by atoms with E-state index >= 15 is 0 Å². The number of aryl methyl sites for hydroxylation is 1. The highest BCUT2D eigenvalue weighted by Gasteiger charge is 2.26. The molecule has 3 aromatic carbocycles. The molecule has 0 fully saturated rings. The van der Waals surface area contributed by atoms with Crippen LogP contribution in [-0.4, -0.2) is 28.5 Å². The zero-order chi connectivity index (χ0) is 25.0. The van der Waals surface area contributed by atoms with Crippen LogP contribution in [0.5, 0.6) is 5.75 Å². The van der Waals surface area contributed by atoms with Crippen molar-refractivity contribution < 1.29 is 17.9 Å². The van der Waals surface area contributed by atoms with Crippen LogP contribution in [0.15, 0.2) is 71.6 Å². The molecule has 0 aliphatic carbocycles. The Labute approximate surface area is 202 Å². The molecule has 1 amide bonds. The molecule has 1 unspecified atom stereocenters. The van der Waals surface area contributed by atoms with Crippen LogP contribution in [0, 0.1) is 6.92 Å². The molecule has 0 saturated carbocycles. The van der Waals surface area contributed by atoms with Crippen molar-refractivity contribution in [2.45, 2.75) is 44.6 Å². The Hall–Kier alpha value is -3.32. The molecule has 6 nitrogen and oxygen atoms in total. The van der Waals surface area contributed by atoms with Gasteiger partial charge in [-0.25, -0.2) is 8.42 Å². The third-order valence-corrected chi connectivity index (χ3v) is 7.73. The largest absolute Gasteiger partial charge is 0.496 e. The van der Waals surface area contributed by atoms with Crippen molar-refractivity contribution in [2.24, 2.45) is 0 Å². The SMILES string of the molecule is COc1cc(C)c(C(C)NC(=O)c2ccccc2N(C)S(=O)(=O)c2ccccc2)cc1C(C)C. The predicted octanol–water partition coefficient (Wildman–Crippen LogP) is 5.44. The number of nitrogens with zero attached hydrogens (tertiary/aromatic N) is 1. The molecule has 0 aromatic heterocycles. The predicted molar refractivity (Wildman–Crippen MR) is 136 cm³/mol. The van der Waals surface area contributed by atoms with E-state index in [4.69, 9.17) is 4.74 Å². The second-order valence-corrected chi connectivity index (χ2v) is 10.6. The highest BCUT2D eigenvalue weighted by Crippen LogP contribution is 2.32. The van der Waals surface area contributed by atoms with Crippen molar-refractivity contribution in [2.75, 3.05) is 18.5 Å². The molecule has 1 atom stereocenters. The van der Waals surface area contributed by atoms with Crippen LogP contribution in [-0.2, 0) is 10.0 Å². The first-order valence-corrected chi connectivity index (χ1v) is 12.6. The summed E-state index contributed by atoms with van der Waals surface area (Å²) in [5.74, 6) is 0.738. The average molecular weight is 481 g/mol. The first kappa shape index (κ1) is 25.3. The number of para-hydroxylation sites is 1. The van der Waals surface area contributed by atoms with Crippen LogP contribution >= 0.6 is 0 Å². The van der Waals surface area contributed by atoms with Gasteiger partial charge in [0.2, 0.25) is 0 Å². The second kappa shape index (κ2) is 10.3. The standard InChI is InChI=1S/C27H32N2O4S/c1-18(2)23-17-24(19(3)16-26(23)33-6)20(4)28-27(30)22-14-10-11-15-25(22)29(5)34(31,32)21-12-8-7-9-13-21/h7-18,20H,1-6H3,(H,28,30). The number of ether oxygens (including phenoxy) is 1. The topological polar surface area (TPSA) is 75.7 Å². The number of amides is 1. The molecule has 3 aromatic rings. The summed E-state index contributed by atoms with van der Waals surface area (Å²) in [6.07, 6.45) is 0. The quantitative estimate of drug-likeness (QED) is 0.466. The van der Waals surface area contributed by atoms with E-state index in [9.17, 15) is 13.2 Å². The number of methoxy groups -OCH3 is 1. The lowest BCUT2D eigenvalue weighted by molar-refractivity contribution is 0.0940. The third-order valence-electron chi connectivity index (χ3n) is 5.94. The number of carbonyl (C=O) groups is 1. The first-order valence-electron chi connectivity index (χ1n) is 11.2. The van der Waals surface area contributed by atoms with Gasteiger partial charge < -0.3 is 10.1 Å². The van der Waals surface area contributed by atoms with Crippen LogP contribution in [0.2, 0.25) is 0 Å². The Bertz CT molecular complexity index is 1270. The number of nitrogens with one attached hydrogen (secondary N) is 1. The van der Waals surface area contributed by atoms with Gasteiger partial charge in [-0.15, -0.1) is 0 Å². The van der Waals surface area contributed by atoms with Crippen LogP contribution < -0.4 is 14.4 Å². The Kier molecular flexibility index (Phi) is 7.67. The molecule has 7 heteroatoms. The molecular formula is C27H32N2O4S. The fourth-order valence-corrected chi connectivity index (χ4v) is 5.22. The second-order valence-electron chi connectivity index (χ2n) is 8.60. The van der Waals surface area contributed by atoms with Crippen molar-refractivity contribution in [3.63, 3.8) is 0 Å². The van der Waals surface area contributed by atoms with Gasteiger partial charge in [-0.2, -0.15) is 0 Å². The Morgan fingerprint density at radius 3 is 2.18 bits per heavy atom. The van der Waals surface area contributed by atoms with Gasteiger partial charge in [-0.05, 0) is 72.9 Å². The maximum Gasteiger partial charge on any atom is 0.264 e. The molecule has 0 bridgehead atoms. The summed E-state index contributed by atoms with van der Waals surface area (Å²) in [6.45, 7) is 8.10. The molecule has 0 radical (unpaired) electrons. The summed E-state index contributed by atoms with van der Waals surface area (Å²) in [5, 5.41) is 3.04. The molecule has 0 aliphatic rings. The lowest BCUT2D eigenvalue weighted by atomic mass is 9.93. The number of hydrogen-bond acceptors (Lipinski definition) is 4. The van der Waals surface area contributed by atoms with Crippen LogP contribution in [0.25, 0.3) is 0 Å². The number of benzene rings is 3. The van der Waals surface area contributed by atoms with E-state index in [-0.39, 0.29) is 28.3 Å². The van der Waals surface area contributed by atoms with Gasteiger partial charge >= 0.3 is 0 Å². The average Bonchev–Trinajstić information content (AvgIpc) is 2.83. The van der Waals surface area contributed by atoms with Crippen molar-refractivity contribution in [1.29, 1.82) is 0 Å². The Morgan fingerprint density at radius 2 is 1.56 bits per heavy atom. The number of hydrogen-bond donors (Lipinski definition) is 1. The molecule has 3 rings (SSSR count).